The summed E-state index contributed by atoms with van der Waals surface area (Å²) >= 11 is 0. The predicted octanol–water partition coefficient (Wildman–Crippen LogP) is 4.68. The second-order valence-electron chi connectivity index (χ2n) is 10.6. The molecule has 0 bridgehead atoms. The average Bonchev–Trinajstić information content (AvgIpc) is 3.19. The third-order valence-electron chi connectivity index (χ3n) is 7.33. The molecule has 2 heterocycles. The number of aryl methyl sites for hydroxylation is 1. The van der Waals surface area contributed by atoms with Crippen LogP contribution >= 0.6 is 0 Å². The Morgan fingerprint density at radius 3 is 2.55 bits per heavy atom. The molecule has 204 valence electrons. The average molecular weight is 522 g/mol. The maximum Gasteiger partial charge on any atom is 0.409 e. The lowest BCUT2D eigenvalue weighted by Gasteiger charge is -2.35. The van der Waals surface area contributed by atoms with E-state index in [0.29, 0.717) is 25.4 Å². The second-order valence-corrected chi connectivity index (χ2v) is 10.6. The predicted molar refractivity (Wildman–Crippen MR) is 148 cm³/mol. The van der Waals surface area contributed by atoms with E-state index < -0.39 is 12.1 Å². The fraction of sp³-hybridized carbons (Fsp3) is 0.467. The van der Waals surface area contributed by atoms with Gasteiger partial charge in [-0.1, -0.05) is 49.4 Å². The van der Waals surface area contributed by atoms with Gasteiger partial charge >= 0.3 is 6.09 Å². The zero-order valence-corrected chi connectivity index (χ0v) is 23.2. The standard InChI is InChI=1S/C30H39N3O5/c1-19(2)38-30(36)31(5)16-26-20(3)15-33(21(4)17-34)29(35)28-27(23-12-8-7-11-22(23)18-37-26)24-13-9-10-14-25(24)32(28)6/h7-14,19-21,26,34H,15-18H2,1-6H3/t20-,21-,26+/m1/s1. The summed E-state index contributed by atoms with van der Waals surface area (Å²) in [5, 5.41) is 11.1. The van der Waals surface area contributed by atoms with Crippen LogP contribution < -0.4 is 0 Å². The highest BCUT2D eigenvalue weighted by Crippen LogP contribution is 2.38. The molecular weight excluding hydrogens is 482 g/mol. The first-order valence-corrected chi connectivity index (χ1v) is 13.2. The van der Waals surface area contributed by atoms with Crippen LogP contribution in [-0.2, 0) is 23.1 Å². The van der Waals surface area contributed by atoms with Gasteiger partial charge in [-0.15, -0.1) is 0 Å². The van der Waals surface area contributed by atoms with Crippen LogP contribution in [0.25, 0.3) is 22.0 Å². The summed E-state index contributed by atoms with van der Waals surface area (Å²) in [6.07, 6.45) is -1.01. The molecule has 8 heteroatoms. The zero-order valence-electron chi connectivity index (χ0n) is 23.2. The number of para-hydroxylation sites is 1. The summed E-state index contributed by atoms with van der Waals surface area (Å²) in [6, 6.07) is 15.6. The topological polar surface area (TPSA) is 84.2 Å². The van der Waals surface area contributed by atoms with E-state index in [-0.39, 0.29) is 30.6 Å². The fourth-order valence-corrected chi connectivity index (χ4v) is 5.16. The third-order valence-corrected chi connectivity index (χ3v) is 7.33. The number of rotatable bonds is 5. The molecule has 2 aromatic carbocycles. The van der Waals surface area contributed by atoms with Crippen LogP contribution in [0.2, 0.25) is 0 Å². The molecule has 2 amide bonds. The van der Waals surface area contributed by atoms with Crippen molar-refractivity contribution in [3.63, 3.8) is 0 Å². The molecule has 1 aliphatic heterocycles. The van der Waals surface area contributed by atoms with Gasteiger partial charge in [-0.3, -0.25) is 4.79 Å². The summed E-state index contributed by atoms with van der Waals surface area (Å²) in [7, 11) is 3.61. The third kappa shape index (κ3) is 5.42. The highest BCUT2D eigenvalue weighted by atomic mass is 16.6. The van der Waals surface area contributed by atoms with Crippen molar-refractivity contribution in [3.05, 3.63) is 59.8 Å². The summed E-state index contributed by atoms with van der Waals surface area (Å²) < 4.78 is 13.8. The van der Waals surface area contributed by atoms with Crippen LogP contribution in [0.15, 0.2) is 48.5 Å². The Morgan fingerprint density at radius 2 is 1.84 bits per heavy atom. The van der Waals surface area contributed by atoms with Crippen molar-refractivity contribution in [2.24, 2.45) is 13.0 Å². The molecule has 3 atom stereocenters. The lowest BCUT2D eigenvalue weighted by Crippen LogP contribution is -2.48. The van der Waals surface area contributed by atoms with Gasteiger partial charge in [-0.25, -0.2) is 4.79 Å². The maximum absolute atomic E-state index is 14.3. The number of carbonyl (C=O) groups excluding carboxylic acids is 2. The van der Waals surface area contributed by atoms with Crippen molar-refractivity contribution >= 4 is 22.9 Å². The van der Waals surface area contributed by atoms with E-state index in [9.17, 15) is 14.7 Å². The Morgan fingerprint density at radius 1 is 1.16 bits per heavy atom. The smallest absolute Gasteiger partial charge is 0.409 e. The molecule has 4 rings (SSSR count). The van der Waals surface area contributed by atoms with Gasteiger partial charge in [-0.05, 0) is 38.0 Å². The fourth-order valence-electron chi connectivity index (χ4n) is 5.16. The summed E-state index contributed by atoms with van der Waals surface area (Å²) in [6.45, 7) is 8.32. The quantitative estimate of drug-likeness (QED) is 0.527. The molecule has 0 fully saturated rings. The molecule has 1 aromatic heterocycles. The van der Waals surface area contributed by atoms with Gasteiger partial charge in [0, 0.05) is 43.0 Å². The van der Waals surface area contributed by atoms with Crippen LogP contribution in [0, 0.1) is 5.92 Å². The van der Waals surface area contributed by atoms with Crippen LogP contribution in [0.4, 0.5) is 4.79 Å². The number of hydrogen-bond acceptors (Lipinski definition) is 5. The monoisotopic (exact) mass is 521 g/mol. The van der Waals surface area contributed by atoms with Crippen molar-refractivity contribution in [1.29, 1.82) is 0 Å². The number of amides is 2. The molecule has 0 saturated heterocycles. The van der Waals surface area contributed by atoms with Gasteiger partial charge < -0.3 is 28.9 Å². The first-order valence-electron chi connectivity index (χ1n) is 13.2. The molecule has 3 aromatic rings. The molecule has 0 aliphatic carbocycles. The van der Waals surface area contributed by atoms with Gasteiger partial charge in [-0.2, -0.15) is 0 Å². The van der Waals surface area contributed by atoms with Crippen LogP contribution in [0.5, 0.6) is 0 Å². The van der Waals surface area contributed by atoms with Gasteiger partial charge in [0.2, 0.25) is 0 Å². The Bertz CT molecular complexity index is 1300. The minimum Gasteiger partial charge on any atom is -0.447 e. The molecule has 38 heavy (non-hydrogen) atoms. The number of aliphatic hydroxyl groups is 1. The molecule has 8 nitrogen and oxygen atoms in total. The number of carbonyl (C=O) groups is 2. The number of likely N-dealkylation sites (N-methyl/N-ethyl adjacent to an activating group) is 1. The molecular formula is C30H39N3O5. The van der Waals surface area contributed by atoms with E-state index in [1.807, 2.05) is 87.8 Å². The SMILES string of the molecule is CC(C)OC(=O)N(C)C[C@@H]1OCc2ccccc2-c2c(n(C)c3ccccc23)C(=O)N([C@H](C)CO)C[C@H]1C. The lowest BCUT2D eigenvalue weighted by atomic mass is 9.96. The van der Waals surface area contributed by atoms with E-state index >= 15 is 0 Å². The molecule has 0 saturated carbocycles. The molecule has 0 radical (unpaired) electrons. The molecule has 1 N–H and O–H groups in total. The van der Waals surface area contributed by atoms with Gasteiger partial charge in [0.05, 0.1) is 38.0 Å². The van der Waals surface area contributed by atoms with Gasteiger partial charge in [0.1, 0.15) is 5.69 Å². The first kappa shape index (κ1) is 27.7. The molecule has 0 unspecified atom stereocenters. The minimum atomic E-state index is -0.416. The van der Waals surface area contributed by atoms with Crippen LogP contribution in [0.3, 0.4) is 0 Å². The highest BCUT2D eigenvalue weighted by Gasteiger charge is 2.34. The number of aromatic nitrogens is 1. The number of ether oxygens (including phenoxy) is 2. The van der Waals surface area contributed by atoms with E-state index in [4.69, 9.17) is 9.47 Å². The Balaban J connectivity index is 1.84. The van der Waals surface area contributed by atoms with Crippen LogP contribution in [0.1, 0.15) is 43.7 Å². The largest absolute Gasteiger partial charge is 0.447 e. The number of nitrogens with zero attached hydrogens (tertiary/aromatic N) is 3. The summed E-state index contributed by atoms with van der Waals surface area (Å²) in [5.74, 6) is -0.277. The Kier molecular flexibility index (Phi) is 8.43. The zero-order chi connectivity index (χ0) is 27.6. The maximum atomic E-state index is 14.3. The number of fused-ring (bicyclic) bond motifs is 5. The Labute approximate surface area is 224 Å². The van der Waals surface area contributed by atoms with Gasteiger partial charge in [0.15, 0.2) is 0 Å². The van der Waals surface area contributed by atoms with Crippen molar-refractivity contribution in [3.8, 4) is 11.1 Å². The first-order chi connectivity index (χ1) is 18.1. The number of aliphatic hydroxyl groups excluding tert-OH is 1. The van der Waals surface area contributed by atoms with E-state index in [2.05, 4.69) is 0 Å². The second kappa shape index (κ2) is 11.6. The van der Waals surface area contributed by atoms with Crippen molar-refractivity contribution in [1.82, 2.24) is 14.4 Å². The van der Waals surface area contributed by atoms with Crippen molar-refractivity contribution in [2.45, 2.75) is 52.6 Å². The number of hydrogen-bond donors (Lipinski definition) is 1. The van der Waals surface area contributed by atoms with E-state index in [1.54, 1.807) is 11.9 Å². The normalized spacial score (nSPS) is 19.1. The van der Waals surface area contributed by atoms with Crippen LogP contribution in [-0.4, -0.2) is 76.5 Å². The van der Waals surface area contributed by atoms with Gasteiger partial charge in [0.25, 0.3) is 5.91 Å². The minimum absolute atomic E-state index is 0.134. The van der Waals surface area contributed by atoms with E-state index in [0.717, 1.165) is 27.6 Å². The summed E-state index contributed by atoms with van der Waals surface area (Å²) in [4.78, 5) is 30.2. The summed E-state index contributed by atoms with van der Waals surface area (Å²) in [5.41, 5.74) is 4.32. The van der Waals surface area contributed by atoms with E-state index in [1.165, 1.54) is 4.90 Å². The lowest BCUT2D eigenvalue weighted by molar-refractivity contribution is -0.0246. The number of benzene rings is 2. The van der Waals surface area contributed by atoms with Crippen molar-refractivity contribution < 1.29 is 24.2 Å². The molecule has 1 aliphatic rings. The van der Waals surface area contributed by atoms with Crippen molar-refractivity contribution in [2.75, 3.05) is 26.7 Å². The highest BCUT2D eigenvalue weighted by molar-refractivity contribution is 6.10. The molecule has 0 spiro atoms. The Hall–Kier alpha value is -3.36.